The number of aliphatic carboxylic acids is 1. The number of fused-ring (bicyclic) bond motifs is 1. The first kappa shape index (κ1) is 9.93. The lowest BCUT2D eigenvalue weighted by molar-refractivity contribution is -0.141. The Morgan fingerprint density at radius 3 is 2.86 bits per heavy atom. The van der Waals surface area contributed by atoms with Crippen molar-refractivity contribution in [3.05, 3.63) is 0 Å². The number of hydrogen-bond donors (Lipinski definition) is 3. The molecule has 1 heterocycles. The molecule has 0 amide bonds. The average molecular weight is 199 g/mol. The van der Waals surface area contributed by atoms with Crippen LogP contribution < -0.4 is 5.32 Å². The predicted octanol–water partition coefficient (Wildman–Crippen LogP) is 0.210. The maximum atomic E-state index is 10.8. The largest absolute Gasteiger partial charge is 0.480 e. The second-order valence-corrected chi connectivity index (χ2v) is 4.46. The molecule has 4 unspecified atom stereocenters. The lowest BCUT2D eigenvalue weighted by atomic mass is 9.72. The molecule has 4 heteroatoms. The summed E-state index contributed by atoms with van der Waals surface area (Å²) in [6.07, 6.45) is 3.34. The van der Waals surface area contributed by atoms with Crippen molar-refractivity contribution in [2.24, 2.45) is 11.8 Å². The van der Waals surface area contributed by atoms with Crippen molar-refractivity contribution >= 4 is 5.97 Å². The molecule has 4 nitrogen and oxygen atoms in total. The molecule has 1 aliphatic heterocycles. The number of piperidine rings is 1. The van der Waals surface area contributed by atoms with Gasteiger partial charge in [0, 0.05) is 0 Å². The number of aliphatic hydroxyl groups excluding tert-OH is 1. The van der Waals surface area contributed by atoms with Gasteiger partial charge >= 0.3 is 5.97 Å². The highest BCUT2D eigenvalue weighted by Gasteiger charge is 2.39. The predicted molar refractivity (Wildman–Crippen MR) is 50.9 cm³/mol. The minimum atomic E-state index is -0.791. The lowest BCUT2D eigenvalue weighted by Gasteiger charge is -2.41. The third-order valence-corrected chi connectivity index (χ3v) is 3.61. The SMILES string of the molecule is O=C(O)C1CC2C(O)CCCC2CN1. The molecule has 2 rings (SSSR count). The monoisotopic (exact) mass is 199 g/mol. The Morgan fingerprint density at radius 2 is 2.14 bits per heavy atom. The van der Waals surface area contributed by atoms with E-state index in [0.717, 1.165) is 25.8 Å². The van der Waals surface area contributed by atoms with Crippen LogP contribution in [-0.4, -0.2) is 34.9 Å². The van der Waals surface area contributed by atoms with E-state index in [-0.39, 0.29) is 12.0 Å². The molecule has 80 valence electrons. The molecule has 2 fully saturated rings. The van der Waals surface area contributed by atoms with E-state index in [1.165, 1.54) is 0 Å². The Kier molecular flexibility index (Phi) is 2.74. The fraction of sp³-hybridized carbons (Fsp3) is 0.900. The average Bonchev–Trinajstić information content (AvgIpc) is 2.18. The summed E-state index contributed by atoms with van der Waals surface area (Å²) in [5, 5.41) is 21.7. The van der Waals surface area contributed by atoms with Gasteiger partial charge in [-0.3, -0.25) is 4.79 Å². The number of hydrogen-bond acceptors (Lipinski definition) is 3. The third-order valence-electron chi connectivity index (χ3n) is 3.61. The van der Waals surface area contributed by atoms with Crippen LogP contribution in [0.4, 0.5) is 0 Å². The van der Waals surface area contributed by atoms with Gasteiger partial charge in [-0.05, 0) is 37.6 Å². The first-order chi connectivity index (χ1) is 6.68. The molecule has 14 heavy (non-hydrogen) atoms. The first-order valence-corrected chi connectivity index (χ1v) is 5.32. The van der Waals surface area contributed by atoms with Crippen molar-refractivity contribution in [2.45, 2.75) is 37.8 Å². The van der Waals surface area contributed by atoms with Gasteiger partial charge in [0.15, 0.2) is 0 Å². The quantitative estimate of drug-likeness (QED) is 0.564. The smallest absolute Gasteiger partial charge is 0.320 e. The van der Waals surface area contributed by atoms with E-state index < -0.39 is 12.0 Å². The maximum absolute atomic E-state index is 10.8. The zero-order valence-electron chi connectivity index (χ0n) is 8.15. The summed E-state index contributed by atoms with van der Waals surface area (Å²) in [6, 6.07) is -0.455. The summed E-state index contributed by atoms with van der Waals surface area (Å²) >= 11 is 0. The lowest BCUT2D eigenvalue weighted by Crippen LogP contribution is -2.52. The first-order valence-electron chi connectivity index (χ1n) is 5.32. The Labute approximate surface area is 83.3 Å². The van der Waals surface area contributed by atoms with E-state index in [2.05, 4.69) is 5.32 Å². The van der Waals surface area contributed by atoms with Gasteiger partial charge in [-0.15, -0.1) is 0 Å². The molecular weight excluding hydrogens is 182 g/mol. The van der Waals surface area contributed by atoms with Crippen LogP contribution in [0.2, 0.25) is 0 Å². The highest BCUT2D eigenvalue weighted by atomic mass is 16.4. The Balaban J connectivity index is 2.01. The molecule has 2 aliphatic rings. The fourth-order valence-corrected chi connectivity index (χ4v) is 2.77. The summed E-state index contributed by atoms with van der Waals surface area (Å²) in [6.45, 7) is 0.749. The number of rotatable bonds is 1. The summed E-state index contributed by atoms with van der Waals surface area (Å²) in [5.41, 5.74) is 0. The van der Waals surface area contributed by atoms with Crippen LogP contribution in [0.15, 0.2) is 0 Å². The van der Waals surface area contributed by atoms with Gasteiger partial charge in [0.2, 0.25) is 0 Å². The summed E-state index contributed by atoms with van der Waals surface area (Å²) < 4.78 is 0. The molecule has 1 aliphatic carbocycles. The molecular formula is C10H17NO3. The van der Waals surface area contributed by atoms with Crippen LogP contribution in [0.1, 0.15) is 25.7 Å². The second-order valence-electron chi connectivity index (χ2n) is 4.46. The second kappa shape index (κ2) is 3.87. The van der Waals surface area contributed by atoms with Gasteiger partial charge < -0.3 is 15.5 Å². The van der Waals surface area contributed by atoms with Crippen LogP contribution in [0.3, 0.4) is 0 Å². The van der Waals surface area contributed by atoms with E-state index in [1.807, 2.05) is 0 Å². The van der Waals surface area contributed by atoms with Crippen molar-refractivity contribution in [3.8, 4) is 0 Å². The summed E-state index contributed by atoms with van der Waals surface area (Å²) in [7, 11) is 0. The van der Waals surface area contributed by atoms with Crippen molar-refractivity contribution in [3.63, 3.8) is 0 Å². The van der Waals surface area contributed by atoms with Crippen molar-refractivity contribution in [1.82, 2.24) is 5.32 Å². The van der Waals surface area contributed by atoms with E-state index in [9.17, 15) is 9.90 Å². The van der Waals surface area contributed by atoms with E-state index in [4.69, 9.17) is 5.11 Å². The zero-order chi connectivity index (χ0) is 10.1. The molecule has 1 saturated heterocycles. The summed E-state index contributed by atoms with van der Waals surface area (Å²) in [5.74, 6) is -0.110. The van der Waals surface area contributed by atoms with Gasteiger partial charge in [-0.2, -0.15) is 0 Å². The van der Waals surface area contributed by atoms with Crippen molar-refractivity contribution in [1.29, 1.82) is 0 Å². The summed E-state index contributed by atoms with van der Waals surface area (Å²) in [4.78, 5) is 10.8. The molecule has 0 radical (unpaired) electrons. The zero-order valence-corrected chi connectivity index (χ0v) is 8.15. The molecule has 0 aromatic heterocycles. The molecule has 0 spiro atoms. The van der Waals surface area contributed by atoms with Crippen LogP contribution in [-0.2, 0) is 4.79 Å². The topological polar surface area (TPSA) is 69.6 Å². The maximum Gasteiger partial charge on any atom is 0.320 e. The standard InChI is InChI=1S/C10H17NO3/c12-9-3-1-2-6-5-11-8(10(13)14)4-7(6)9/h6-9,11-12H,1-5H2,(H,13,14). The van der Waals surface area contributed by atoms with Gasteiger partial charge in [0.05, 0.1) is 6.10 Å². The van der Waals surface area contributed by atoms with Crippen LogP contribution in [0, 0.1) is 11.8 Å². The third kappa shape index (κ3) is 1.77. The molecule has 1 saturated carbocycles. The number of carboxylic acid groups (broad SMARTS) is 1. The Morgan fingerprint density at radius 1 is 1.36 bits per heavy atom. The Bertz CT molecular complexity index is 231. The van der Waals surface area contributed by atoms with Gasteiger partial charge in [0.1, 0.15) is 6.04 Å². The normalized spacial score (nSPS) is 42.9. The molecule has 3 N–H and O–H groups in total. The van der Waals surface area contributed by atoms with E-state index in [0.29, 0.717) is 12.3 Å². The number of carbonyl (C=O) groups is 1. The van der Waals surface area contributed by atoms with Gasteiger partial charge in [0.25, 0.3) is 0 Å². The molecule has 0 aromatic carbocycles. The number of nitrogens with one attached hydrogen (secondary N) is 1. The minimum Gasteiger partial charge on any atom is -0.480 e. The minimum absolute atomic E-state index is 0.200. The van der Waals surface area contributed by atoms with Gasteiger partial charge in [-0.1, -0.05) is 6.42 Å². The number of carboxylic acids is 1. The van der Waals surface area contributed by atoms with Crippen LogP contribution in [0.5, 0.6) is 0 Å². The Hall–Kier alpha value is -0.610. The van der Waals surface area contributed by atoms with Crippen LogP contribution >= 0.6 is 0 Å². The fourth-order valence-electron chi connectivity index (χ4n) is 2.77. The van der Waals surface area contributed by atoms with Gasteiger partial charge in [-0.25, -0.2) is 0 Å². The van der Waals surface area contributed by atoms with Crippen molar-refractivity contribution in [2.75, 3.05) is 6.54 Å². The van der Waals surface area contributed by atoms with E-state index in [1.54, 1.807) is 0 Å². The van der Waals surface area contributed by atoms with E-state index >= 15 is 0 Å². The highest BCUT2D eigenvalue weighted by Crippen LogP contribution is 2.35. The van der Waals surface area contributed by atoms with Crippen molar-refractivity contribution < 1.29 is 15.0 Å². The molecule has 4 atom stereocenters. The highest BCUT2D eigenvalue weighted by molar-refractivity contribution is 5.73. The van der Waals surface area contributed by atoms with Crippen LogP contribution in [0.25, 0.3) is 0 Å². The number of aliphatic hydroxyl groups is 1. The molecule has 0 aromatic rings. The molecule has 0 bridgehead atoms.